The van der Waals surface area contributed by atoms with Crippen molar-refractivity contribution in [3.63, 3.8) is 0 Å². The van der Waals surface area contributed by atoms with Crippen LogP contribution in [0.15, 0.2) is 42.5 Å². The largest absolute Gasteiger partial charge is 0.326 e. The van der Waals surface area contributed by atoms with Crippen LogP contribution < -0.4 is 10.2 Å². The molecule has 24 heavy (non-hydrogen) atoms. The molecule has 0 bridgehead atoms. The molecule has 0 aliphatic carbocycles. The van der Waals surface area contributed by atoms with Crippen molar-refractivity contribution in [3.05, 3.63) is 59.4 Å². The van der Waals surface area contributed by atoms with Crippen LogP contribution in [-0.2, 0) is 16.0 Å². The molecule has 1 N–H and O–H groups in total. The van der Waals surface area contributed by atoms with Gasteiger partial charge in [0.05, 0.1) is 6.42 Å². The summed E-state index contributed by atoms with van der Waals surface area (Å²) in [6, 6.07) is 11.4. The second-order valence-electron chi connectivity index (χ2n) is 6.00. The van der Waals surface area contributed by atoms with Crippen LogP contribution >= 0.6 is 0 Å². The Bertz CT molecular complexity index is 771. The van der Waals surface area contributed by atoms with E-state index in [4.69, 9.17) is 0 Å². The van der Waals surface area contributed by atoms with E-state index in [9.17, 15) is 14.0 Å². The number of amides is 2. The molecule has 2 amide bonds. The number of rotatable bonds is 4. The van der Waals surface area contributed by atoms with Crippen molar-refractivity contribution in [3.8, 4) is 0 Å². The van der Waals surface area contributed by atoms with Gasteiger partial charge in [0.2, 0.25) is 11.8 Å². The Morgan fingerprint density at radius 1 is 1.21 bits per heavy atom. The molecular weight excluding hydrogens is 307 g/mol. The number of anilines is 2. The van der Waals surface area contributed by atoms with Gasteiger partial charge in [0.15, 0.2) is 0 Å². The summed E-state index contributed by atoms with van der Waals surface area (Å²) in [4.78, 5) is 25.9. The molecule has 1 aliphatic rings. The molecule has 2 aromatic carbocycles. The molecule has 0 spiro atoms. The summed E-state index contributed by atoms with van der Waals surface area (Å²) in [6.07, 6.45) is 1.60. The lowest BCUT2D eigenvalue weighted by Gasteiger charge is -2.19. The molecular formula is C19H19FN2O2. The van der Waals surface area contributed by atoms with Crippen LogP contribution in [0, 0.1) is 12.7 Å². The van der Waals surface area contributed by atoms with Gasteiger partial charge >= 0.3 is 0 Å². The zero-order valence-corrected chi connectivity index (χ0v) is 13.5. The van der Waals surface area contributed by atoms with Gasteiger partial charge in [-0.1, -0.05) is 18.2 Å². The first kappa shape index (κ1) is 16.2. The molecule has 124 valence electrons. The molecule has 0 atom stereocenters. The summed E-state index contributed by atoms with van der Waals surface area (Å²) in [5.74, 6) is -0.380. The Kier molecular flexibility index (Phi) is 4.60. The summed E-state index contributed by atoms with van der Waals surface area (Å²) in [5, 5.41) is 2.84. The maximum absolute atomic E-state index is 12.9. The quantitative estimate of drug-likeness (QED) is 0.935. The smallest absolute Gasteiger partial charge is 0.228 e. The van der Waals surface area contributed by atoms with Crippen LogP contribution in [0.2, 0.25) is 0 Å². The first-order valence-electron chi connectivity index (χ1n) is 7.98. The molecule has 2 aromatic rings. The van der Waals surface area contributed by atoms with Crippen LogP contribution in [0.1, 0.15) is 24.0 Å². The van der Waals surface area contributed by atoms with E-state index in [0.29, 0.717) is 18.7 Å². The predicted molar refractivity (Wildman–Crippen MR) is 91.5 cm³/mol. The molecule has 1 aliphatic heterocycles. The molecule has 0 unspecified atom stereocenters. The van der Waals surface area contributed by atoms with Gasteiger partial charge in [-0.2, -0.15) is 0 Å². The second kappa shape index (κ2) is 6.83. The van der Waals surface area contributed by atoms with E-state index < -0.39 is 0 Å². The zero-order valence-electron chi connectivity index (χ0n) is 13.5. The number of nitrogens with one attached hydrogen (secondary N) is 1. The van der Waals surface area contributed by atoms with Gasteiger partial charge in [-0.25, -0.2) is 4.39 Å². The lowest BCUT2D eigenvalue weighted by atomic mass is 10.1. The average molecular weight is 326 g/mol. The second-order valence-corrected chi connectivity index (χ2v) is 6.00. The molecule has 1 heterocycles. The highest BCUT2D eigenvalue weighted by atomic mass is 19.1. The minimum atomic E-state index is -0.322. The van der Waals surface area contributed by atoms with Crippen molar-refractivity contribution >= 4 is 23.2 Å². The van der Waals surface area contributed by atoms with E-state index in [1.807, 2.05) is 25.1 Å². The number of hydrogen-bond donors (Lipinski definition) is 1. The van der Waals surface area contributed by atoms with E-state index in [-0.39, 0.29) is 24.1 Å². The average Bonchev–Trinajstić information content (AvgIpc) is 2.97. The number of nitrogens with zero attached hydrogens (tertiary/aromatic N) is 1. The topological polar surface area (TPSA) is 49.4 Å². The van der Waals surface area contributed by atoms with Crippen LogP contribution in [0.5, 0.6) is 0 Å². The third-order valence-electron chi connectivity index (χ3n) is 4.14. The predicted octanol–water partition coefficient (Wildman–Crippen LogP) is 3.44. The van der Waals surface area contributed by atoms with Gasteiger partial charge in [-0.15, -0.1) is 0 Å². The molecule has 1 saturated heterocycles. The van der Waals surface area contributed by atoms with Crippen LogP contribution in [-0.4, -0.2) is 18.4 Å². The number of carbonyl (C=O) groups excluding carboxylic acids is 2. The number of halogens is 1. The minimum Gasteiger partial charge on any atom is -0.326 e. The van der Waals surface area contributed by atoms with E-state index in [2.05, 4.69) is 5.32 Å². The molecule has 0 saturated carbocycles. The fourth-order valence-electron chi connectivity index (χ4n) is 2.87. The molecule has 4 nitrogen and oxygen atoms in total. The Balaban J connectivity index is 1.71. The Morgan fingerprint density at radius 2 is 1.96 bits per heavy atom. The number of carbonyl (C=O) groups is 2. The number of hydrogen-bond acceptors (Lipinski definition) is 2. The lowest BCUT2D eigenvalue weighted by molar-refractivity contribution is -0.117. The highest BCUT2D eigenvalue weighted by molar-refractivity contribution is 5.98. The molecule has 5 heteroatoms. The Hall–Kier alpha value is -2.69. The lowest BCUT2D eigenvalue weighted by Crippen LogP contribution is -2.24. The summed E-state index contributed by atoms with van der Waals surface area (Å²) in [5.41, 5.74) is 3.25. The molecule has 0 radical (unpaired) electrons. The first-order chi connectivity index (χ1) is 11.5. The third kappa shape index (κ3) is 3.62. The van der Waals surface area contributed by atoms with E-state index >= 15 is 0 Å². The van der Waals surface area contributed by atoms with Crippen LogP contribution in [0.25, 0.3) is 0 Å². The van der Waals surface area contributed by atoms with Gasteiger partial charge in [0, 0.05) is 24.3 Å². The van der Waals surface area contributed by atoms with Gasteiger partial charge < -0.3 is 10.2 Å². The SMILES string of the molecule is Cc1ccc(NC(=O)Cc2ccc(F)cc2)cc1N1CCCC1=O. The van der Waals surface area contributed by atoms with Crippen molar-refractivity contribution in [2.45, 2.75) is 26.2 Å². The van der Waals surface area contributed by atoms with Crippen LogP contribution in [0.4, 0.5) is 15.8 Å². The molecule has 1 fully saturated rings. The first-order valence-corrected chi connectivity index (χ1v) is 7.98. The summed E-state index contributed by atoms with van der Waals surface area (Å²) in [6.45, 7) is 2.66. The van der Waals surface area contributed by atoms with Crippen molar-refractivity contribution in [1.82, 2.24) is 0 Å². The summed E-state index contributed by atoms with van der Waals surface area (Å²) < 4.78 is 12.9. The van der Waals surface area contributed by atoms with E-state index in [0.717, 1.165) is 23.2 Å². The molecule has 0 aromatic heterocycles. The highest BCUT2D eigenvalue weighted by Crippen LogP contribution is 2.28. The number of aryl methyl sites for hydroxylation is 1. The highest BCUT2D eigenvalue weighted by Gasteiger charge is 2.23. The number of benzene rings is 2. The Labute approximate surface area is 140 Å². The van der Waals surface area contributed by atoms with Crippen molar-refractivity contribution < 1.29 is 14.0 Å². The van der Waals surface area contributed by atoms with Crippen molar-refractivity contribution in [1.29, 1.82) is 0 Å². The fraction of sp³-hybridized carbons (Fsp3) is 0.263. The third-order valence-corrected chi connectivity index (χ3v) is 4.14. The standard InChI is InChI=1S/C19H19FN2O2/c1-13-4-9-16(12-17(13)22-10-2-3-19(22)24)21-18(23)11-14-5-7-15(20)8-6-14/h4-9,12H,2-3,10-11H2,1H3,(H,21,23). The van der Waals surface area contributed by atoms with Gasteiger partial charge in [-0.05, 0) is 48.7 Å². The van der Waals surface area contributed by atoms with Crippen LogP contribution in [0.3, 0.4) is 0 Å². The van der Waals surface area contributed by atoms with Crippen molar-refractivity contribution in [2.24, 2.45) is 0 Å². The van der Waals surface area contributed by atoms with Crippen molar-refractivity contribution in [2.75, 3.05) is 16.8 Å². The monoisotopic (exact) mass is 326 g/mol. The maximum atomic E-state index is 12.9. The fourth-order valence-corrected chi connectivity index (χ4v) is 2.87. The van der Waals surface area contributed by atoms with E-state index in [1.165, 1.54) is 12.1 Å². The Morgan fingerprint density at radius 3 is 2.62 bits per heavy atom. The van der Waals surface area contributed by atoms with Gasteiger partial charge in [0.1, 0.15) is 5.82 Å². The summed E-state index contributed by atoms with van der Waals surface area (Å²) in [7, 11) is 0. The zero-order chi connectivity index (χ0) is 17.1. The molecule has 3 rings (SSSR count). The minimum absolute atomic E-state index is 0.118. The van der Waals surface area contributed by atoms with Gasteiger partial charge in [0.25, 0.3) is 0 Å². The van der Waals surface area contributed by atoms with E-state index in [1.54, 1.807) is 17.0 Å². The van der Waals surface area contributed by atoms with Gasteiger partial charge in [-0.3, -0.25) is 9.59 Å². The normalized spacial score (nSPS) is 14.1. The summed E-state index contributed by atoms with van der Waals surface area (Å²) >= 11 is 0. The maximum Gasteiger partial charge on any atom is 0.228 e.